The van der Waals surface area contributed by atoms with Crippen molar-refractivity contribution in [1.29, 1.82) is 0 Å². The Morgan fingerprint density at radius 3 is 2.88 bits per heavy atom. The van der Waals surface area contributed by atoms with Gasteiger partial charge in [-0.2, -0.15) is 0 Å². The number of carbonyl (C=O) groups is 2. The minimum absolute atomic E-state index is 0.00859. The van der Waals surface area contributed by atoms with Crippen LogP contribution in [0.2, 0.25) is 0 Å². The van der Waals surface area contributed by atoms with Gasteiger partial charge in [0, 0.05) is 23.8 Å². The summed E-state index contributed by atoms with van der Waals surface area (Å²) in [5.74, 6) is 0.681. The van der Waals surface area contributed by atoms with Gasteiger partial charge in [0.05, 0.1) is 6.54 Å². The van der Waals surface area contributed by atoms with E-state index in [4.69, 9.17) is 0 Å². The van der Waals surface area contributed by atoms with Crippen LogP contribution in [0.4, 0.5) is 5.69 Å². The van der Waals surface area contributed by atoms with E-state index in [1.54, 1.807) is 18.2 Å². The van der Waals surface area contributed by atoms with Crippen LogP contribution in [0.15, 0.2) is 24.3 Å². The molecule has 1 aliphatic carbocycles. The van der Waals surface area contributed by atoms with Crippen molar-refractivity contribution >= 4 is 17.5 Å². The number of likely N-dealkylation sites (tertiary alicyclic amines) is 1. The largest absolute Gasteiger partial charge is 0.352 e. The Balaban J connectivity index is 1.57. The van der Waals surface area contributed by atoms with Gasteiger partial charge in [0.1, 0.15) is 0 Å². The molecule has 3 rings (SSSR count). The van der Waals surface area contributed by atoms with E-state index in [9.17, 15) is 9.59 Å². The number of hydrogen-bond donors (Lipinski definition) is 2. The molecule has 0 radical (unpaired) electrons. The molecule has 5 heteroatoms. The van der Waals surface area contributed by atoms with Crippen molar-refractivity contribution in [2.75, 3.05) is 25.0 Å². The molecule has 1 aliphatic heterocycles. The molecule has 2 atom stereocenters. The molecule has 1 aromatic carbocycles. The average Bonchev–Trinajstić information content (AvgIpc) is 2.98. The summed E-state index contributed by atoms with van der Waals surface area (Å²) in [6.07, 6.45) is 6.40. The molecule has 0 bridgehead atoms. The van der Waals surface area contributed by atoms with Crippen molar-refractivity contribution < 1.29 is 9.59 Å². The van der Waals surface area contributed by atoms with Gasteiger partial charge in [0.2, 0.25) is 5.91 Å². The first kappa shape index (κ1) is 17.0. The Hall–Kier alpha value is -1.88. The monoisotopic (exact) mass is 329 g/mol. The fourth-order valence-corrected chi connectivity index (χ4v) is 4.09. The van der Waals surface area contributed by atoms with Crippen LogP contribution < -0.4 is 10.6 Å². The maximum atomic E-state index is 12.4. The van der Waals surface area contributed by atoms with E-state index < -0.39 is 0 Å². The van der Waals surface area contributed by atoms with Crippen LogP contribution in [-0.2, 0) is 4.79 Å². The predicted octanol–water partition coefficient (Wildman–Crippen LogP) is 2.64. The number of rotatable bonds is 5. The quantitative estimate of drug-likeness (QED) is 0.873. The van der Waals surface area contributed by atoms with Gasteiger partial charge in [-0.1, -0.05) is 18.9 Å². The van der Waals surface area contributed by atoms with Crippen molar-refractivity contribution in [3.8, 4) is 0 Å². The van der Waals surface area contributed by atoms with Gasteiger partial charge >= 0.3 is 0 Å². The molecule has 0 spiro atoms. The Labute approximate surface area is 143 Å². The summed E-state index contributed by atoms with van der Waals surface area (Å²) in [6, 6.07) is 7.71. The Morgan fingerprint density at radius 2 is 2.04 bits per heavy atom. The van der Waals surface area contributed by atoms with E-state index in [1.165, 1.54) is 32.1 Å². The van der Waals surface area contributed by atoms with Crippen LogP contribution in [0.25, 0.3) is 0 Å². The van der Waals surface area contributed by atoms with E-state index in [0.29, 0.717) is 30.4 Å². The molecule has 0 aromatic heterocycles. The molecule has 2 fully saturated rings. The third-order valence-corrected chi connectivity index (χ3v) is 5.22. The third kappa shape index (κ3) is 3.96. The first-order valence-corrected chi connectivity index (χ1v) is 9.09. The van der Waals surface area contributed by atoms with Gasteiger partial charge in [0.25, 0.3) is 5.91 Å². The maximum absolute atomic E-state index is 12.4. The highest BCUT2D eigenvalue weighted by molar-refractivity contribution is 5.97. The summed E-state index contributed by atoms with van der Waals surface area (Å²) in [7, 11) is 0. The summed E-state index contributed by atoms with van der Waals surface area (Å²) in [5.41, 5.74) is 1.26. The van der Waals surface area contributed by atoms with E-state index in [0.717, 1.165) is 12.5 Å². The number of anilines is 1. The van der Waals surface area contributed by atoms with E-state index in [1.807, 2.05) is 13.0 Å². The first-order valence-electron chi connectivity index (χ1n) is 9.09. The van der Waals surface area contributed by atoms with E-state index in [-0.39, 0.29) is 11.8 Å². The highest BCUT2D eigenvalue weighted by atomic mass is 16.2. The van der Waals surface area contributed by atoms with E-state index in [2.05, 4.69) is 15.5 Å². The molecule has 2 N–H and O–H groups in total. The summed E-state index contributed by atoms with van der Waals surface area (Å²) in [4.78, 5) is 26.6. The Kier molecular flexibility index (Phi) is 5.51. The van der Waals surface area contributed by atoms with Crippen LogP contribution in [0.5, 0.6) is 0 Å². The van der Waals surface area contributed by atoms with Crippen molar-refractivity contribution in [3.63, 3.8) is 0 Å². The average molecular weight is 329 g/mol. The highest BCUT2D eigenvalue weighted by Gasteiger charge is 2.36. The SMILES string of the molecule is CCNC(=O)c1cccc(NC(=O)CN2CC[C@@H]3CCCC[C@@H]32)c1. The van der Waals surface area contributed by atoms with Gasteiger partial charge < -0.3 is 10.6 Å². The predicted molar refractivity (Wildman–Crippen MR) is 95.0 cm³/mol. The molecule has 24 heavy (non-hydrogen) atoms. The molecule has 1 heterocycles. The molecule has 2 aliphatic rings. The number of amides is 2. The van der Waals surface area contributed by atoms with Gasteiger partial charge in [-0.25, -0.2) is 0 Å². The topological polar surface area (TPSA) is 61.4 Å². The lowest BCUT2D eigenvalue weighted by atomic mass is 9.85. The second-order valence-electron chi connectivity index (χ2n) is 6.86. The summed E-state index contributed by atoms with van der Waals surface area (Å²) >= 11 is 0. The molecular formula is C19H27N3O2. The Morgan fingerprint density at radius 1 is 1.21 bits per heavy atom. The van der Waals surface area contributed by atoms with Gasteiger partial charge in [-0.15, -0.1) is 0 Å². The third-order valence-electron chi connectivity index (χ3n) is 5.22. The molecule has 5 nitrogen and oxygen atoms in total. The second kappa shape index (κ2) is 7.79. The van der Waals surface area contributed by atoms with E-state index >= 15 is 0 Å². The van der Waals surface area contributed by atoms with Crippen molar-refractivity contribution in [1.82, 2.24) is 10.2 Å². The fourth-order valence-electron chi connectivity index (χ4n) is 4.09. The van der Waals surface area contributed by atoms with Crippen LogP contribution >= 0.6 is 0 Å². The summed E-state index contributed by atoms with van der Waals surface area (Å²) < 4.78 is 0. The lowest BCUT2D eigenvalue weighted by Crippen LogP contribution is -2.39. The number of nitrogens with zero attached hydrogens (tertiary/aromatic N) is 1. The van der Waals surface area contributed by atoms with Crippen LogP contribution in [0, 0.1) is 5.92 Å². The number of benzene rings is 1. The van der Waals surface area contributed by atoms with Gasteiger partial charge in [0.15, 0.2) is 0 Å². The summed E-state index contributed by atoms with van der Waals surface area (Å²) in [6.45, 7) is 3.96. The maximum Gasteiger partial charge on any atom is 0.251 e. The second-order valence-corrected chi connectivity index (χ2v) is 6.86. The zero-order valence-corrected chi connectivity index (χ0v) is 14.4. The molecule has 2 amide bonds. The number of hydrogen-bond acceptors (Lipinski definition) is 3. The molecular weight excluding hydrogens is 302 g/mol. The minimum Gasteiger partial charge on any atom is -0.352 e. The number of carbonyl (C=O) groups excluding carboxylic acids is 2. The minimum atomic E-state index is -0.113. The Bertz CT molecular complexity index is 602. The van der Waals surface area contributed by atoms with Crippen LogP contribution in [-0.4, -0.2) is 42.4 Å². The zero-order chi connectivity index (χ0) is 16.9. The lowest BCUT2D eigenvalue weighted by molar-refractivity contribution is -0.117. The zero-order valence-electron chi connectivity index (χ0n) is 14.4. The fraction of sp³-hybridized carbons (Fsp3) is 0.579. The molecule has 1 saturated heterocycles. The molecule has 1 aromatic rings. The van der Waals surface area contributed by atoms with Crippen molar-refractivity contribution in [2.45, 2.75) is 45.1 Å². The highest BCUT2D eigenvalue weighted by Crippen LogP contribution is 2.35. The van der Waals surface area contributed by atoms with Crippen molar-refractivity contribution in [3.05, 3.63) is 29.8 Å². The smallest absolute Gasteiger partial charge is 0.251 e. The number of nitrogens with one attached hydrogen (secondary N) is 2. The van der Waals surface area contributed by atoms with Crippen LogP contribution in [0.3, 0.4) is 0 Å². The standard InChI is InChI=1S/C19H27N3O2/c1-2-20-19(24)15-7-5-8-16(12-15)21-18(23)13-22-11-10-14-6-3-4-9-17(14)22/h5,7-8,12,14,17H,2-4,6,9-11,13H2,1H3,(H,20,24)(H,21,23)/t14-,17-/m0/s1. The van der Waals surface area contributed by atoms with Crippen LogP contribution in [0.1, 0.15) is 49.4 Å². The first-order chi connectivity index (χ1) is 11.7. The molecule has 0 unspecified atom stereocenters. The molecule has 130 valence electrons. The van der Waals surface area contributed by atoms with Gasteiger partial charge in [-0.05, 0) is 56.8 Å². The number of fused-ring (bicyclic) bond motifs is 1. The molecule has 1 saturated carbocycles. The normalized spacial score (nSPS) is 23.5. The van der Waals surface area contributed by atoms with Gasteiger partial charge in [-0.3, -0.25) is 14.5 Å². The lowest BCUT2D eigenvalue weighted by Gasteiger charge is -2.31. The summed E-state index contributed by atoms with van der Waals surface area (Å²) in [5, 5.41) is 5.71. The van der Waals surface area contributed by atoms with Crippen molar-refractivity contribution in [2.24, 2.45) is 5.92 Å².